The average molecular weight is 499 g/mol. The maximum Gasteiger partial charge on any atom is 0.453 e. The van der Waals surface area contributed by atoms with Gasteiger partial charge in [-0.1, -0.05) is 19.9 Å². The van der Waals surface area contributed by atoms with Crippen molar-refractivity contribution in [2.45, 2.75) is 52.1 Å². The predicted octanol–water partition coefficient (Wildman–Crippen LogP) is 3.28. The second-order valence-electron chi connectivity index (χ2n) is 7.70. The molecule has 34 heavy (non-hydrogen) atoms. The summed E-state index contributed by atoms with van der Waals surface area (Å²) in [5.41, 5.74) is 2.02. The highest BCUT2D eigenvalue weighted by molar-refractivity contribution is 7.89. The van der Waals surface area contributed by atoms with Gasteiger partial charge in [0.1, 0.15) is 0 Å². The van der Waals surface area contributed by atoms with Gasteiger partial charge in [-0.2, -0.15) is 22.5 Å². The molecule has 1 aromatic carbocycles. The second-order valence-corrected chi connectivity index (χ2v) is 9.64. The molecule has 0 saturated carbocycles. The third-order valence-corrected chi connectivity index (χ3v) is 7.51. The van der Waals surface area contributed by atoms with E-state index in [1.54, 1.807) is 33.8 Å². The summed E-state index contributed by atoms with van der Waals surface area (Å²) in [6.07, 6.45) is -4.92. The number of amides is 1. The number of halogens is 3. The number of alkyl halides is 3. The predicted molar refractivity (Wildman–Crippen MR) is 119 cm³/mol. The van der Waals surface area contributed by atoms with Crippen LogP contribution in [0.5, 0.6) is 0 Å². The number of aromatic nitrogens is 4. The van der Waals surface area contributed by atoms with E-state index in [9.17, 15) is 26.4 Å². The van der Waals surface area contributed by atoms with Gasteiger partial charge in [0, 0.05) is 35.7 Å². The lowest BCUT2D eigenvalue weighted by atomic mass is 10.1. The average Bonchev–Trinajstić information content (AvgIpc) is 3.18. The number of carbonyl (C=O) groups excluding carboxylic acids is 1. The molecule has 0 aliphatic rings. The summed E-state index contributed by atoms with van der Waals surface area (Å²) in [6.45, 7) is 8.91. The van der Waals surface area contributed by atoms with Crippen molar-refractivity contribution in [3.63, 3.8) is 0 Å². The third kappa shape index (κ3) is 4.89. The van der Waals surface area contributed by atoms with Crippen molar-refractivity contribution in [2.75, 3.05) is 18.4 Å². The van der Waals surface area contributed by atoms with E-state index in [1.165, 1.54) is 23.4 Å². The summed E-state index contributed by atoms with van der Waals surface area (Å²) in [6, 6.07) is 4.48. The zero-order valence-electron chi connectivity index (χ0n) is 19.4. The van der Waals surface area contributed by atoms with E-state index in [4.69, 9.17) is 0 Å². The Hall–Kier alpha value is -3.06. The first-order valence-corrected chi connectivity index (χ1v) is 11.9. The van der Waals surface area contributed by atoms with Crippen LogP contribution >= 0.6 is 0 Å². The topological polar surface area (TPSA) is 110 Å². The van der Waals surface area contributed by atoms with E-state index in [0.29, 0.717) is 41.3 Å². The van der Waals surface area contributed by atoms with Crippen LogP contribution in [0.1, 0.15) is 42.2 Å². The molecule has 0 radical (unpaired) electrons. The van der Waals surface area contributed by atoms with Crippen LogP contribution in [-0.2, 0) is 27.4 Å². The molecule has 1 N–H and O–H groups in total. The standard InChI is InChI=1S/C21H25F3N6O3S/c1-6-29(7-2)34(32,33)15-9-8-12(3)17(10-15)26-18(31)11-16-13(4)25-20-27-19(21(22,23)24)28-30(20)14(16)5/h8-10H,6-7,11H2,1-5H3,(H,26,31). The maximum absolute atomic E-state index is 13.0. The minimum absolute atomic E-state index is 0.0508. The van der Waals surface area contributed by atoms with Crippen molar-refractivity contribution in [1.82, 2.24) is 23.9 Å². The molecule has 2 aromatic heterocycles. The molecule has 0 atom stereocenters. The molecule has 0 fully saturated rings. The van der Waals surface area contributed by atoms with E-state index >= 15 is 0 Å². The molecule has 0 unspecified atom stereocenters. The number of sulfonamides is 1. The molecule has 0 bridgehead atoms. The van der Waals surface area contributed by atoms with Crippen molar-refractivity contribution in [3.05, 3.63) is 46.5 Å². The Labute approximate surface area is 195 Å². The van der Waals surface area contributed by atoms with E-state index in [1.807, 2.05) is 0 Å². The highest BCUT2D eigenvalue weighted by Crippen LogP contribution is 2.27. The molecule has 13 heteroatoms. The van der Waals surface area contributed by atoms with Gasteiger partial charge in [-0.25, -0.2) is 17.9 Å². The van der Waals surface area contributed by atoms with E-state index in [-0.39, 0.29) is 17.1 Å². The molecule has 2 heterocycles. The zero-order valence-corrected chi connectivity index (χ0v) is 20.2. The Morgan fingerprint density at radius 3 is 2.35 bits per heavy atom. The van der Waals surface area contributed by atoms with Gasteiger partial charge in [-0.05, 0) is 38.5 Å². The smallest absolute Gasteiger partial charge is 0.326 e. The van der Waals surface area contributed by atoms with Gasteiger partial charge in [0.05, 0.1) is 11.3 Å². The first kappa shape index (κ1) is 25.6. The highest BCUT2D eigenvalue weighted by atomic mass is 32.2. The van der Waals surface area contributed by atoms with Crippen molar-refractivity contribution in [2.24, 2.45) is 0 Å². The summed E-state index contributed by atoms with van der Waals surface area (Å²) in [7, 11) is -3.72. The van der Waals surface area contributed by atoms with E-state index in [2.05, 4.69) is 20.4 Å². The Kier molecular flexibility index (Phi) is 6.99. The van der Waals surface area contributed by atoms with Crippen LogP contribution in [0.25, 0.3) is 5.78 Å². The fraction of sp³-hybridized carbons (Fsp3) is 0.429. The number of aryl methyl sites for hydroxylation is 3. The molecular weight excluding hydrogens is 473 g/mol. The van der Waals surface area contributed by atoms with Crippen LogP contribution in [-0.4, -0.2) is 51.3 Å². The molecular formula is C21H25F3N6O3S. The second kappa shape index (κ2) is 9.29. The number of rotatable bonds is 7. The minimum atomic E-state index is -4.72. The molecule has 184 valence electrons. The van der Waals surface area contributed by atoms with Crippen LogP contribution in [0.2, 0.25) is 0 Å². The number of hydrogen-bond donors (Lipinski definition) is 1. The Bertz CT molecular complexity index is 1350. The molecule has 3 rings (SSSR count). The van der Waals surface area contributed by atoms with Crippen LogP contribution in [0, 0.1) is 20.8 Å². The van der Waals surface area contributed by atoms with Gasteiger partial charge in [-0.3, -0.25) is 4.79 Å². The minimum Gasteiger partial charge on any atom is -0.326 e. The molecule has 0 aliphatic carbocycles. The van der Waals surface area contributed by atoms with Gasteiger partial charge in [0.2, 0.25) is 15.9 Å². The number of benzene rings is 1. The number of anilines is 1. The number of hydrogen-bond acceptors (Lipinski definition) is 6. The molecule has 0 spiro atoms. The van der Waals surface area contributed by atoms with Gasteiger partial charge in [0.15, 0.2) is 0 Å². The van der Waals surface area contributed by atoms with E-state index in [0.717, 1.165) is 4.52 Å². The largest absolute Gasteiger partial charge is 0.453 e. The monoisotopic (exact) mass is 498 g/mol. The summed E-state index contributed by atoms with van der Waals surface area (Å²) in [5, 5.41) is 6.18. The number of fused-ring (bicyclic) bond motifs is 1. The zero-order chi connectivity index (χ0) is 25.4. The van der Waals surface area contributed by atoms with Gasteiger partial charge in [-0.15, -0.1) is 5.10 Å². The summed E-state index contributed by atoms with van der Waals surface area (Å²) >= 11 is 0. The normalized spacial score (nSPS) is 12.5. The quantitative estimate of drug-likeness (QED) is 0.536. The summed E-state index contributed by atoms with van der Waals surface area (Å²) in [4.78, 5) is 20.4. The van der Waals surface area contributed by atoms with Gasteiger partial charge in [0.25, 0.3) is 11.6 Å². The first-order valence-electron chi connectivity index (χ1n) is 10.5. The molecule has 1 amide bonds. The van der Waals surface area contributed by atoms with Crippen LogP contribution in [0.15, 0.2) is 23.1 Å². The lowest BCUT2D eigenvalue weighted by Gasteiger charge is -2.19. The Morgan fingerprint density at radius 2 is 1.76 bits per heavy atom. The third-order valence-electron chi connectivity index (χ3n) is 5.47. The molecule has 0 aliphatic heterocycles. The number of nitrogens with zero attached hydrogens (tertiary/aromatic N) is 5. The maximum atomic E-state index is 13.0. The lowest BCUT2D eigenvalue weighted by Crippen LogP contribution is -2.30. The van der Waals surface area contributed by atoms with Gasteiger partial charge >= 0.3 is 6.18 Å². The fourth-order valence-corrected chi connectivity index (χ4v) is 5.03. The van der Waals surface area contributed by atoms with Crippen LogP contribution in [0.3, 0.4) is 0 Å². The summed E-state index contributed by atoms with van der Waals surface area (Å²) in [5.74, 6) is -2.01. The van der Waals surface area contributed by atoms with Crippen molar-refractivity contribution in [3.8, 4) is 0 Å². The molecule has 3 aromatic rings. The van der Waals surface area contributed by atoms with Gasteiger partial charge < -0.3 is 5.32 Å². The van der Waals surface area contributed by atoms with Crippen molar-refractivity contribution < 1.29 is 26.4 Å². The highest BCUT2D eigenvalue weighted by Gasteiger charge is 2.37. The Balaban J connectivity index is 1.90. The Morgan fingerprint density at radius 1 is 1.12 bits per heavy atom. The van der Waals surface area contributed by atoms with E-state index < -0.39 is 27.9 Å². The summed E-state index contributed by atoms with van der Waals surface area (Å²) < 4.78 is 66.9. The molecule has 9 nitrogen and oxygen atoms in total. The SMILES string of the molecule is CCN(CC)S(=O)(=O)c1ccc(C)c(NC(=O)Cc2c(C)nc3nc(C(F)(F)F)nn3c2C)c1. The van der Waals surface area contributed by atoms with Crippen LogP contribution < -0.4 is 5.32 Å². The first-order chi connectivity index (χ1) is 15.8. The number of carbonyl (C=O) groups is 1. The van der Waals surface area contributed by atoms with Crippen molar-refractivity contribution in [1.29, 1.82) is 0 Å². The molecule has 0 saturated heterocycles. The van der Waals surface area contributed by atoms with Crippen molar-refractivity contribution >= 4 is 27.4 Å². The lowest BCUT2D eigenvalue weighted by molar-refractivity contribution is -0.144. The fourth-order valence-electron chi connectivity index (χ4n) is 3.55. The number of nitrogens with one attached hydrogen (secondary N) is 1. The van der Waals surface area contributed by atoms with Crippen LogP contribution in [0.4, 0.5) is 18.9 Å².